The summed E-state index contributed by atoms with van der Waals surface area (Å²) in [5.74, 6) is 0.411. The van der Waals surface area contributed by atoms with Crippen LogP contribution in [0.3, 0.4) is 0 Å². The van der Waals surface area contributed by atoms with Gasteiger partial charge in [0.1, 0.15) is 0 Å². The van der Waals surface area contributed by atoms with Crippen molar-refractivity contribution in [1.82, 2.24) is 19.7 Å². The summed E-state index contributed by atoms with van der Waals surface area (Å²) in [7, 11) is 0. The molecule has 6 nitrogen and oxygen atoms in total. The normalized spacial score (nSPS) is 14.7. The molecule has 2 aromatic heterocycles. The maximum Gasteiger partial charge on any atom is 0.254 e. The Bertz CT molecular complexity index is 719. The van der Waals surface area contributed by atoms with Gasteiger partial charge < -0.3 is 10.0 Å². The number of amides is 1. The highest BCUT2D eigenvalue weighted by atomic mass is 16.3. The smallest absolute Gasteiger partial charge is 0.254 e. The predicted octanol–water partition coefficient (Wildman–Crippen LogP) is 2.34. The summed E-state index contributed by atoms with van der Waals surface area (Å²) in [6, 6.07) is 2.12. The fourth-order valence-corrected chi connectivity index (χ4v) is 2.87. The van der Waals surface area contributed by atoms with E-state index in [0.717, 1.165) is 29.6 Å². The zero-order valence-electron chi connectivity index (χ0n) is 14.0. The molecule has 2 heterocycles. The van der Waals surface area contributed by atoms with Crippen LogP contribution in [0.1, 0.15) is 61.6 Å². The molecule has 1 N–H and O–H groups in total. The molecular formula is C17H24N4O2. The number of fused-ring (bicyclic) bond motifs is 1. The van der Waals surface area contributed by atoms with Gasteiger partial charge in [0.15, 0.2) is 5.65 Å². The molecule has 0 atom stereocenters. The average Bonchev–Trinajstić information content (AvgIpc) is 3.30. The van der Waals surface area contributed by atoms with Gasteiger partial charge in [-0.2, -0.15) is 5.10 Å². The fraction of sp³-hybridized carbons (Fsp3) is 0.588. The molecule has 0 radical (unpaired) electrons. The van der Waals surface area contributed by atoms with Crippen LogP contribution in [0, 0.1) is 0 Å². The van der Waals surface area contributed by atoms with E-state index >= 15 is 0 Å². The molecule has 0 aromatic carbocycles. The quantitative estimate of drug-likeness (QED) is 0.888. The zero-order chi connectivity index (χ0) is 16.6. The number of hydrogen-bond donors (Lipinski definition) is 1. The molecule has 0 unspecified atom stereocenters. The summed E-state index contributed by atoms with van der Waals surface area (Å²) in [6.07, 6.45) is 4.01. The topological polar surface area (TPSA) is 71.2 Å². The molecule has 1 amide bonds. The van der Waals surface area contributed by atoms with E-state index in [-0.39, 0.29) is 18.6 Å². The third-order valence-electron chi connectivity index (χ3n) is 4.34. The van der Waals surface area contributed by atoms with Crippen LogP contribution in [0.4, 0.5) is 0 Å². The zero-order valence-corrected chi connectivity index (χ0v) is 14.0. The summed E-state index contributed by atoms with van der Waals surface area (Å²) < 4.78 is 1.88. The number of nitrogens with zero attached hydrogens (tertiary/aromatic N) is 4. The number of aromatic nitrogens is 3. The Balaban J connectivity index is 2.12. The van der Waals surface area contributed by atoms with Gasteiger partial charge in [0, 0.05) is 30.7 Å². The molecule has 1 aliphatic rings. The van der Waals surface area contributed by atoms with Crippen LogP contribution in [-0.2, 0) is 0 Å². The second-order valence-corrected chi connectivity index (χ2v) is 6.40. The van der Waals surface area contributed by atoms with Crippen LogP contribution >= 0.6 is 0 Å². The van der Waals surface area contributed by atoms with Crippen molar-refractivity contribution in [3.63, 3.8) is 0 Å². The number of pyridine rings is 1. The molecule has 2 aromatic rings. The largest absolute Gasteiger partial charge is 0.395 e. The highest BCUT2D eigenvalue weighted by molar-refractivity contribution is 6.05. The van der Waals surface area contributed by atoms with Gasteiger partial charge in [-0.3, -0.25) is 4.79 Å². The number of rotatable bonds is 6. The fourth-order valence-electron chi connectivity index (χ4n) is 2.87. The first kappa shape index (κ1) is 15.9. The number of likely N-dealkylation sites (N-methyl/N-ethyl adjacent to an activating group) is 1. The van der Waals surface area contributed by atoms with Gasteiger partial charge in [0.25, 0.3) is 5.91 Å². The number of aliphatic hydroxyl groups excluding tert-OH is 1. The summed E-state index contributed by atoms with van der Waals surface area (Å²) in [5, 5.41) is 14.4. The van der Waals surface area contributed by atoms with Crippen LogP contribution in [0.25, 0.3) is 11.0 Å². The maximum atomic E-state index is 12.9. The summed E-state index contributed by atoms with van der Waals surface area (Å²) in [6.45, 7) is 6.92. The van der Waals surface area contributed by atoms with Gasteiger partial charge in [-0.1, -0.05) is 0 Å². The summed E-state index contributed by atoms with van der Waals surface area (Å²) >= 11 is 0. The van der Waals surface area contributed by atoms with Crippen molar-refractivity contribution in [3.8, 4) is 0 Å². The minimum Gasteiger partial charge on any atom is -0.395 e. The van der Waals surface area contributed by atoms with Crippen LogP contribution in [0.5, 0.6) is 0 Å². The molecule has 1 fully saturated rings. The maximum absolute atomic E-state index is 12.9. The molecule has 3 rings (SSSR count). The average molecular weight is 316 g/mol. The van der Waals surface area contributed by atoms with Crippen molar-refractivity contribution in [3.05, 3.63) is 23.5 Å². The molecule has 6 heteroatoms. The third kappa shape index (κ3) is 2.95. The lowest BCUT2D eigenvalue weighted by atomic mass is 10.1. The lowest BCUT2D eigenvalue weighted by Crippen LogP contribution is -2.33. The van der Waals surface area contributed by atoms with E-state index < -0.39 is 0 Å². The van der Waals surface area contributed by atoms with Gasteiger partial charge in [0.05, 0.1) is 23.8 Å². The highest BCUT2D eigenvalue weighted by Crippen LogP contribution is 2.40. The Labute approximate surface area is 136 Å². The highest BCUT2D eigenvalue weighted by Gasteiger charge is 2.29. The van der Waals surface area contributed by atoms with Gasteiger partial charge >= 0.3 is 0 Å². The Kier molecular flexibility index (Phi) is 4.35. The van der Waals surface area contributed by atoms with Crippen molar-refractivity contribution in [2.45, 2.75) is 45.6 Å². The lowest BCUT2D eigenvalue weighted by Gasteiger charge is -2.20. The van der Waals surface area contributed by atoms with Crippen LogP contribution in [0.15, 0.2) is 12.3 Å². The Morgan fingerprint density at radius 2 is 2.22 bits per heavy atom. The summed E-state index contributed by atoms with van der Waals surface area (Å²) in [4.78, 5) is 19.3. The van der Waals surface area contributed by atoms with Gasteiger partial charge in [-0.15, -0.1) is 0 Å². The van der Waals surface area contributed by atoms with E-state index in [0.29, 0.717) is 24.6 Å². The van der Waals surface area contributed by atoms with E-state index in [9.17, 15) is 9.90 Å². The Morgan fingerprint density at radius 3 is 2.78 bits per heavy atom. The van der Waals surface area contributed by atoms with Gasteiger partial charge in [-0.05, 0) is 39.7 Å². The number of hydrogen-bond acceptors (Lipinski definition) is 4. The molecule has 0 saturated heterocycles. The number of aliphatic hydroxyl groups is 1. The number of carbonyl (C=O) groups excluding carboxylic acids is 1. The standard InChI is InChI=1S/C17H24N4O2/c1-4-20(7-8-22)17(23)13-9-15(12-5-6-12)19-16-14(13)10-18-21(16)11(2)3/h9-12,22H,4-8H2,1-3H3. The molecule has 1 saturated carbocycles. The van der Waals surface area contributed by atoms with E-state index in [2.05, 4.69) is 18.9 Å². The third-order valence-corrected chi connectivity index (χ3v) is 4.34. The van der Waals surface area contributed by atoms with Crippen molar-refractivity contribution < 1.29 is 9.90 Å². The molecule has 0 bridgehead atoms. The second-order valence-electron chi connectivity index (χ2n) is 6.40. The minimum absolute atomic E-state index is 0.0332. The Hall–Kier alpha value is -1.95. The molecule has 1 aliphatic carbocycles. The molecule has 0 spiro atoms. The van der Waals surface area contributed by atoms with Crippen molar-refractivity contribution >= 4 is 16.9 Å². The minimum atomic E-state index is -0.0563. The number of carbonyl (C=O) groups is 1. The first-order chi connectivity index (χ1) is 11.1. The first-order valence-electron chi connectivity index (χ1n) is 8.35. The second kappa shape index (κ2) is 6.28. The monoisotopic (exact) mass is 316 g/mol. The molecule has 0 aliphatic heterocycles. The molecular weight excluding hydrogens is 292 g/mol. The predicted molar refractivity (Wildman–Crippen MR) is 88.6 cm³/mol. The first-order valence-corrected chi connectivity index (χ1v) is 8.35. The van der Waals surface area contributed by atoms with E-state index in [1.807, 2.05) is 17.7 Å². The molecule has 124 valence electrons. The van der Waals surface area contributed by atoms with Crippen LogP contribution in [0.2, 0.25) is 0 Å². The van der Waals surface area contributed by atoms with Gasteiger partial charge in [-0.25, -0.2) is 9.67 Å². The molecule has 23 heavy (non-hydrogen) atoms. The van der Waals surface area contributed by atoms with Crippen molar-refractivity contribution in [2.75, 3.05) is 19.7 Å². The van der Waals surface area contributed by atoms with E-state index in [4.69, 9.17) is 4.98 Å². The van der Waals surface area contributed by atoms with Crippen molar-refractivity contribution in [2.24, 2.45) is 0 Å². The van der Waals surface area contributed by atoms with E-state index in [1.165, 1.54) is 0 Å². The van der Waals surface area contributed by atoms with Crippen LogP contribution in [-0.4, -0.2) is 50.4 Å². The Morgan fingerprint density at radius 1 is 1.48 bits per heavy atom. The van der Waals surface area contributed by atoms with Crippen molar-refractivity contribution in [1.29, 1.82) is 0 Å². The summed E-state index contributed by atoms with van der Waals surface area (Å²) in [5.41, 5.74) is 2.43. The van der Waals surface area contributed by atoms with Gasteiger partial charge in [0.2, 0.25) is 0 Å². The SMILES string of the molecule is CCN(CCO)C(=O)c1cc(C2CC2)nc2c1cnn2C(C)C. The van der Waals surface area contributed by atoms with E-state index in [1.54, 1.807) is 11.1 Å². The van der Waals surface area contributed by atoms with Crippen LogP contribution < -0.4 is 0 Å². The lowest BCUT2D eigenvalue weighted by molar-refractivity contribution is 0.0733.